The first-order valence-electron chi connectivity index (χ1n) is 14.1. The lowest BCUT2D eigenvalue weighted by Crippen LogP contribution is -2.62. The van der Waals surface area contributed by atoms with Gasteiger partial charge in [-0.2, -0.15) is 0 Å². The summed E-state index contributed by atoms with van der Waals surface area (Å²) >= 11 is 13.4. The van der Waals surface area contributed by atoms with Gasteiger partial charge in [-0.1, -0.05) is 41.4 Å². The van der Waals surface area contributed by atoms with E-state index in [0.717, 1.165) is 24.2 Å². The second kappa shape index (κ2) is 12.0. The highest BCUT2D eigenvalue weighted by Crippen LogP contribution is 2.51. The first-order valence-corrected chi connectivity index (χ1v) is 17.3. The molecule has 8 nitrogen and oxygen atoms in total. The molecule has 1 N–H and O–H groups in total. The van der Waals surface area contributed by atoms with Crippen molar-refractivity contribution in [2.75, 3.05) is 5.75 Å². The number of carboxylic acid groups (broad SMARTS) is 1. The normalized spacial score (nSPS) is 23.5. The van der Waals surface area contributed by atoms with Gasteiger partial charge in [-0.3, -0.25) is 4.79 Å². The molecular formula is C31H33Cl2FN2O6S2. The Morgan fingerprint density at radius 1 is 1.20 bits per heavy atom. The molecule has 2 aromatic carbocycles. The summed E-state index contributed by atoms with van der Waals surface area (Å²) in [6, 6.07) is 9.50. The molecule has 4 atom stereocenters. The van der Waals surface area contributed by atoms with E-state index in [4.69, 9.17) is 27.9 Å². The van der Waals surface area contributed by atoms with Crippen LogP contribution < -0.4 is 0 Å². The Hall–Kier alpha value is -2.57. The Balaban J connectivity index is 1.71. The second-order valence-corrected chi connectivity index (χ2v) is 17.3. The number of ether oxygens (including phenoxy) is 1. The van der Waals surface area contributed by atoms with Crippen molar-refractivity contribution in [3.8, 4) is 0 Å². The number of morpholine rings is 1. The lowest BCUT2D eigenvalue weighted by atomic mass is 9.85. The molecular weight excluding hydrogens is 650 g/mol. The number of hydrogen-bond acceptors (Lipinski definition) is 7. The van der Waals surface area contributed by atoms with Crippen LogP contribution in [0.2, 0.25) is 10.0 Å². The van der Waals surface area contributed by atoms with Crippen molar-refractivity contribution in [3.05, 3.63) is 85.5 Å². The van der Waals surface area contributed by atoms with Gasteiger partial charge in [0, 0.05) is 17.5 Å². The van der Waals surface area contributed by atoms with Crippen molar-refractivity contribution >= 4 is 56.3 Å². The Kier molecular flexibility index (Phi) is 8.94. The minimum Gasteiger partial charge on any atom is -0.477 e. The number of rotatable bonds is 9. The van der Waals surface area contributed by atoms with Crippen LogP contribution in [0.3, 0.4) is 0 Å². The molecule has 44 heavy (non-hydrogen) atoms. The Labute approximate surface area is 270 Å². The number of sulfone groups is 1. The molecule has 5 rings (SSSR count). The molecule has 2 unspecified atom stereocenters. The molecule has 2 heterocycles. The molecule has 1 saturated carbocycles. The number of halogens is 3. The first-order chi connectivity index (χ1) is 20.5. The van der Waals surface area contributed by atoms with Gasteiger partial charge in [0.25, 0.3) is 5.91 Å². The summed E-state index contributed by atoms with van der Waals surface area (Å²) in [5, 5.41) is 10.1. The second-order valence-electron chi connectivity index (χ2n) is 12.6. The zero-order valence-corrected chi connectivity index (χ0v) is 27.7. The van der Waals surface area contributed by atoms with Gasteiger partial charge in [-0.25, -0.2) is 22.6 Å². The molecule has 0 bridgehead atoms. The summed E-state index contributed by atoms with van der Waals surface area (Å²) in [4.78, 5) is 32.2. The van der Waals surface area contributed by atoms with Crippen molar-refractivity contribution in [2.45, 2.75) is 75.5 Å². The van der Waals surface area contributed by atoms with Crippen molar-refractivity contribution < 1.29 is 32.2 Å². The topological polar surface area (TPSA) is 114 Å². The highest BCUT2D eigenvalue weighted by atomic mass is 35.5. The third-order valence-electron chi connectivity index (χ3n) is 8.22. The number of benzene rings is 2. The van der Waals surface area contributed by atoms with Crippen LogP contribution in [0.4, 0.5) is 4.39 Å². The fourth-order valence-corrected chi connectivity index (χ4v) is 8.16. The molecule has 3 aromatic rings. The van der Waals surface area contributed by atoms with E-state index in [-0.39, 0.29) is 28.0 Å². The van der Waals surface area contributed by atoms with Gasteiger partial charge in [-0.05, 0) is 81.8 Å². The smallest absolute Gasteiger partial charge is 0.347 e. The van der Waals surface area contributed by atoms with E-state index < -0.39 is 56.1 Å². The van der Waals surface area contributed by atoms with Gasteiger partial charge in [-0.15, -0.1) is 11.3 Å². The lowest BCUT2D eigenvalue weighted by Gasteiger charge is -2.52. The van der Waals surface area contributed by atoms with Gasteiger partial charge in [0.05, 0.1) is 32.8 Å². The number of thiazole rings is 1. The molecule has 2 aliphatic rings. The summed E-state index contributed by atoms with van der Waals surface area (Å²) in [5.41, 5.74) is -0.602. The van der Waals surface area contributed by atoms with Crippen molar-refractivity contribution in [1.29, 1.82) is 0 Å². The number of carbonyl (C=O) groups excluding carboxylic acids is 1. The highest BCUT2D eigenvalue weighted by Gasteiger charge is 2.56. The first kappa shape index (κ1) is 32.8. The summed E-state index contributed by atoms with van der Waals surface area (Å²) in [6.45, 7) is 6.48. The molecule has 1 aliphatic heterocycles. The van der Waals surface area contributed by atoms with Crippen LogP contribution in [0.25, 0.3) is 0 Å². The van der Waals surface area contributed by atoms with Gasteiger partial charge in [0.2, 0.25) is 0 Å². The Bertz CT molecular complexity index is 1700. The van der Waals surface area contributed by atoms with Crippen molar-refractivity contribution in [3.63, 3.8) is 0 Å². The maximum atomic E-state index is 15.0. The minimum atomic E-state index is -3.71. The molecule has 1 aliphatic carbocycles. The number of nitrogens with zero attached hydrogens (tertiary/aromatic N) is 2. The fraction of sp³-hybridized carbons (Fsp3) is 0.452. The van der Waals surface area contributed by atoms with E-state index in [9.17, 15) is 23.1 Å². The largest absolute Gasteiger partial charge is 0.477 e. The van der Waals surface area contributed by atoms with Crippen LogP contribution >= 0.6 is 34.5 Å². The van der Waals surface area contributed by atoms with Crippen molar-refractivity contribution in [2.24, 2.45) is 5.92 Å². The van der Waals surface area contributed by atoms with Gasteiger partial charge < -0.3 is 14.7 Å². The minimum absolute atomic E-state index is 0.0109. The third kappa shape index (κ3) is 6.53. The maximum Gasteiger partial charge on any atom is 0.347 e. The predicted octanol–water partition coefficient (Wildman–Crippen LogP) is 6.92. The number of carboxylic acids is 1. The van der Waals surface area contributed by atoms with E-state index in [1.165, 1.54) is 18.3 Å². The molecule has 2 fully saturated rings. The van der Waals surface area contributed by atoms with E-state index >= 15 is 4.39 Å². The summed E-state index contributed by atoms with van der Waals surface area (Å²) < 4.78 is 48.0. The highest BCUT2D eigenvalue weighted by molar-refractivity contribution is 7.92. The van der Waals surface area contributed by atoms with E-state index in [2.05, 4.69) is 4.98 Å². The maximum absolute atomic E-state index is 15.0. The number of aromatic carboxylic acids is 1. The lowest BCUT2D eigenvalue weighted by molar-refractivity contribution is -0.202. The molecule has 0 radical (unpaired) electrons. The molecule has 1 amide bonds. The predicted molar refractivity (Wildman–Crippen MR) is 168 cm³/mol. The van der Waals surface area contributed by atoms with Crippen LogP contribution in [-0.2, 0) is 25.8 Å². The Morgan fingerprint density at radius 3 is 2.48 bits per heavy atom. The van der Waals surface area contributed by atoms with Crippen LogP contribution in [0.1, 0.15) is 78.5 Å². The number of aromatic nitrogens is 1. The van der Waals surface area contributed by atoms with Gasteiger partial charge in [0.1, 0.15) is 16.8 Å². The number of hydrogen-bond donors (Lipinski definition) is 1. The molecule has 0 spiro atoms. The molecule has 1 aromatic heterocycles. The standard InChI is InChI=1S/C31H33Cl2FN2O6S2/c1-30(2,3)44(40,41)16-23(17-8-9-17)36-26(18-10-11-21(33)22(34)13-18)27(19-6-5-7-20(32)12-19)42-31(4,29(36)39)14-25-35-15-24(43-25)28(37)38/h5-7,10-13,15,17,23,26-27H,8-9,14,16H2,1-4H3,(H,37,38)/t23?,26?,27-,31+/m1/s1. The SMILES string of the molecule is CC(C)(C)S(=O)(=O)CC(C1CC1)N1C(=O)[C@](C)(Cc2ncc(C(=O)O)s2)O[C@H](c2cccc(Cl)c2)C1c1ccc(Cl)c(F)c1. The molecule has 1 saturated heterocycles. The summed E-state index contributed by atoms with van der Waals surface area (Å²) in [5.74, 6) is -2.72. The summed E-state index contributed by atoms with van der Waals surface area (Å²) in [7, 11) is -3.71. The van der Waals surface area contributed by atoms with E-state index in [1.54, 1.807) is 62.9 Å². The number of amides is 1. The third-order valence-corrected chi connectivity index (χ3v) is 12.4. The van der Waals surface area contributed by atoms with Crippen LogP contribution in [-0.4, -0.2) is 57.4 Å². The molecule has 13 heteroatoms. The fourth-order valence-electron chi connectivity index (χ4n) is 5.56. The average Bonchev–Trinajstić information content (AvgIpc) is 3.67. The van der Waals surface area contributed by atoms with E-state index in [1.807, 2.05) is 0 Å². The zero-order valence-electron chi connectivity index (χ0n) is 24.6. The average molecular weight is 684 g/mol. The Morgan fingerprint density at radius 2 is 1.91 bits per heavy atom. The number of carbonyl (C=O) groups is 2. The van der Waals surface area contributed by atoms with Crippen LogP contribution in [0, 0.1) is 11.7 Å². The van der Waals surface area contributed by atoms with E-state index in [0.29, 0.717) is 21.2 Å². The van der Waals surface area contributed by atoms with Gasteiger partial charge >= 0.3 is 5.97 Å². The molecule has 236 valence electrons. The quantitative estimate of drug-likeness (QED) is 0.261. The van der Waals surface area contributed by atoms with Crippen molar-refractivity contribution in [1.82, 2.24) is 9.88 Å². The summed E-state index contributed by atoms with van der Waals surface area (Å²) in [6.07, 6.45) is 1.71. The van der Waals surface area contributed by atoms with Gasteiger partial charge in [0.15, 0.2) is 15.4 Å². The van der Waals surface area contributed by atoms with Crippen LogP contribution in [0.15, 0.2) is 48.7 Å². The van der Waals surface area contributed by atoms with Crippen LogP contribution in [0.5, 0.6) is 0 Å². The monoisotopic (exact) mass is 682 g/mol. The zero-order chi connectivity index (χ0) is 32.2.